The van der Waals surface area contributed by atoms with Gasteiger partial charge in [0, 0.05) is 12.2 Å². The molecule has 0 bridgehead atoms. The fourth-order valence-electron chi connectivity index (χ4n) is 1.38. The van der Waals surface area contributed by atoms with Crippen LogP contribution < -0.4 is 14.8 Å². The lowest BCUT2D eigenvalue weighted by Gasteiger charge is -2.15. The lowest BCUT2D eigenvalue weighted by atomic mass is 10.3. The summed E-state index contributed by atoms with van der Waals surface area (Å²) in [6.45, 7) is 4.80. The van der Waals surface area contributed by atoms with Gasteiger partial charge in [-0.2, -0.15) is 0 Å². The number of rotatable bonds is 7. The largest absolute Gasteiger partial charge is 0.497 e. The highest BCUT2D eigenvalue weighted by Crippen LogP contribution is 2.17. The fraction of sp³-hybridized carbons (Fsp3) is 0.500. The Morgan fingerprint density at radius 3 is 2.39 bits per heavy atom. The first-order chi connectivity index (χ1) is 8.49. The highest BCUT2D eigenvalue weighted by molar-refractivity contribution is 7.93. The van der Waals surface area contributed by atoms with Crippen LogP contribution >= 0.6 is 0 Å². The number of benzene rings is 1. The zero-order chi connectivity index (χ0) is 13.6. The smallest absolute Gasteiger partial charge is 0.236 e. The molecule has 1 aromatic carbocycles. The molecule has 1 aromatic rings. The van der Waals surface area contributed by atoms with Crippen molar-refractivity contribution in [3.05, 3.63) is 24.3 Å². The van der Waals surface area contributed by atoms with Crippen LogP contribution in [-0.2, 0) is 10.0 Å². The third kappa shape index (κ3) is 4.19. The van der Waals surface area contributed by atoms with Crippen LogP contribution in [0.1, 0.15) is 13.8 Å². The van der Waals surface area contributed by atoms with Gasteiger partial charge in [-0.25, -0.2) is 8.42 Å². The van der Waals surface area contributed by atoms with Gasteiger partial charge in [-0.15, -0.1) is 0 Å². The van der Waals surface area contributed by atoms with Crippen molar-refractivity contribution in [2.24, 2.45) is 0 Å². The molecule has 0 aliphatic heterocycles. The summed E-state index contributed by atoms with van der Waals surface area (Å²) in [4.78, 5) is 0. The van der Waals surface area contributed by atoms with Crippen molar-refractivity contribution in [2.75, 3.05) is 24.9 Å². The second-order valence-corrected chi connectivity index (χ2v) is 6.09. The van der Waals surface area contributed by atoms with Crippen molar-refractivity contribution in [1.29, 1.82) is 0 Å². The van der Waals surface area contributed by atoms with Gasteiger partial charge in [-0.05, 0) is 37.7 Å². The zero-order valence-corrected chi connectivity index (χ0v) is 11.8. The summed E-state index contributed by atoms with van der Waals surface area (Å²) in [6, 6.07) is 6.78. The van der Waals surface area contributed by atoms with Gasteiger partial charge >= 0.3 is 0 Å². The maximum Gasteiger partial charge on any atom is 0.236 e. The molecule has 0 fully saturated rings. The molecule has 0 saturated heterocycles. The Morgan fingerprint density at radius 2 is 1.89 bits per heavy atom. The lowest BCUT2D eigenvalue weighted by Crippen LogP contribution is -2.34. The first kappa shape index (κ1) is 14.8. The van der Waals surface area contributed by atoms with Crippen LogP contribution in [0.15, 0.2) is 24.3 Å². The van der Waals surface area contributed by atoms with Gasteiger partial charge in [-0.3, -0.25) is 4.72 Å². The molecule has 0 heterocycles. The Labute approximate surface area is 109 Å². The van der Waals surface area contributed by atoms with Crippen LogP contribution in [-0.4, -0.2) is 33.9 Å². The highest BCUT2D eigenvalue weighted by atomic mass is 32.2. The average Bonchev–Trinajstić information content (AvgIpc) is 2.36. The summed E-state index contributed by atoms with van der Waals surface area (Å²) in [5.41, 5.74) is 0.541. The third-order valence-corrected chi connectivity index (χ3v) is 4.31. The van der Waals surface area contributed by atoms with Gasteiger partial charge in [0.1, 0.15) is 5.75 Å². The van der Waals surface area contributed by atoms with Gasteiger partial charge < -0.3 is 10.1 Å². The number of hydrogen-bond donors (Lipinski definition) is 2. The molecule has 1 atom stereocenters. The third-order valence-electron chi connectivity index (χ3n) is 2.56. The SMILES string of the molecule is CCNCC(C)S(=O)(=O)Nc1ccc(OC)cc1. The molecule has 0 spiro atoms. The van der Waals surface area contributed by atoms with Gasteiger partial charge in [0.25, 0.3) is 0 Å². The second-order valence-electron chi connectivity index (χ2n) is 3.99. The Morgan fingerprint density at radius 1 is 1.28 bits per heavy atom. The second kappa shape index (κ2) is 6.61. The topological polar surface area (TPSA) is 67.4 Å². The first-order valence-corrected chi connectivity index (χ1v) is 7.40. The van der Waals surface area contributed by atoms with E-state index < -0.39 is 15.3 Å². The van der Waals surface area contributed by atoms with Crippen LogP contribution in [0.3, 0.4) is 0 Å². The lowest BCUT2D eigenvalue weighted by molar-refractivity contribution is 0.415. The number of nitrogens with one attached hydrogen (secondary N) is 2. The van der Waals surface area contributed by atoms with Crippen molar-refractivity contribution in [1.82, 2.24) is 5.32 Å². The van der Waals surface area contributed by atoms with Crippen LogP contribution in [0.25, 0.3) is 0 Å². The Hall–Kier alpha value is -1.27. The highest BCUT2D eigenvalue weighted by Gasteiger charge is 2.19. The van der Waals surface area contributed by atoms with E-state index in [1.807, 2.05) is 6.92 Å². The monoisotopic (exact) mass is 272 g/mol. The van der Waals surface area contributed by atoms with E-state index >= 15 is 0 Å². The normalized spacial score (nSPS) is 13.1. The van der Waals surface area contributed by atoms with E-state index in [1.54, 1.807) is 38.3 Å². The zero-order valence-electron chi connectivity index (χ0n) is 10.9. The fourth-order valence-corrected chi connectivity index (χ4v) is 2.38. The molecule has 6 heteroatoms. The van der Waals surface area contributed by atoms with E-state index in [-0.39, 0.29) is 0 Å². The Bertz CT molecular complexity index is 457. The van der Waals surface area contributed by atoms with E-state index in [4.69, 9.17) is 4.74 Å². The van der Waals surface area contributed by atoms with Gasteiger partial charge in [0.2, 0.25) is 10.0 Å². The minimum atomic E-state index is -3.36. The van der Waals surface area contributed by atoms with Crippen molar-refractivity contribution >= 4 is 15.7 Å². The quantitative estimate of drug-likeness (QED) is 0.788. The van der Waals surface area contributed by atoms with E-state index in [0.29, 0.717) is 18.0 Å². The molecule has 1 unspecified atom stereocenters. The van der Waals surface area contributed by atoms with Crippen molar-refractivity contribution in [3.8, 4) is 5.75 Å². The van der Waals surface area contributed by atoms with E-state index in [9.17, 15) is 8.42 Å². The Balaban J connectivity index is 2.69. The standard InChI is InChI=1S/C12H20N2O3S/c1-4-13-9-10(2)18(15,16)14-11-5-7-12(17-3)8-6-11/h5-8,10,13-14H,4,9H2,1-3H3. The first-order valence-electron chi connectivity index (χ1n) is 5.86. The molecule has 1 rings (SSSR count). The predicted octanol–water partition coefficient (Wildman–Crippen LogP) is 1.43. The molecule has 18 heavy (non-hydrogen) atoms. The molecular formula is C12H20N2O3S. The molecule has 0 amide bonds. The Kier molecular flexibility index (Phi) is 5.43. The number of methoxy groups -OCH3 is 1. The molecule has 0 radical (unpaired) electrons. The minimum Gasteiger partial charge on any atom is -0.497 e. The van der Waals surface area contributed by atoms with Crippen LogP contribution in [0.5, 0.6) is 5.75 Å². The molecule has 2 N–H and O–H groups in total. The molecule has 0 aliphatic rings. The van der Waals surface area contributed by atoms with Gasteiger partial charge in [0.15, 0.2) is 0 Å². The van der Waals surface area contributed by atoms with Crippen LogP contribution in [0, 0.1) is 0 Å². The molecule has 0 aromatic heterocycles. The molecular weight excluding hydrogens is 252 g/mol. The van der Waals surface area contributed by atoms with Crippen molar-refractivity contribution in [2.45, 2.75) is 19.1 Å². The van der Waals surface area contributed by atoms with Crippen LogP contribution in [0.2, 0.25) is 0 Å². The molecule has 102 valence electrons. The summed E-state index contributed by atoms with van der Waals surface area (Å²) in [5, 5.41) is 2.53. The average molecular weight is 272 g/mol. The molecule has 0 saturated carbocycles. The van der Waals surface area contributed by atoms with Crippen molar-refractivity contribution < 1.29 is 13.2 Å². The molecule has 0 aliphatic carbocycles. The van der Waals surface area contributed by atoms with Gasteiger partial charge in [0.05, 0.1) is 12.4 Å². The van der Waals surface area contributed by atoms with E-state index in [0.717, 1.165) is 6.54 Å². The maximum atomic E-state index is 12.0. The summed E-state index contributed by atoms with van der Waals surface area (Å²) in [5.74, 6) is 0.693. The van der Waals surface area contributed by atoms with E-state index in [1.165, 1.54) is 0 Å². The van der Waals surface area contributed by atoms with Gasteiger partial charge in [-0.1, -0.05) is 6.92 Å². The summed E-state index contributed by atoms with van der Waals surface area (Å²) >= 11 is 0. The van der Waals surface area contributed by atoms with Crippen LogP contribution in [0.4, 0.5) is 5.69 Å². The summed E-state index contributed by atoms with van der Waals surface area (Å²) in [7, 11) is -1.79. The predicted molar refractivity (Wildman–Crippen MR) is 73.5 cm³/mol. The molecule has 5 nitrogen and oxygen atoms in total. The van der Waals surface area contributed by atoms with Crippen molar-refractivity contribution in [3.63, 3.8) is 0 Å². The number of ether oxygens (including phenoxy) is 1. The van der Waals surface area contributed by atoms with E-state index in [2.05, 4.69) is 10.0 Å². The maximum absolute atomic E-state index is 12.0. The number of sulfonamides is 1. The summed E-state index contributed by atoms with van der Waals surface area (Å²) < 4.78 is 31.5. The summed E-state index contributed by atoms with van der Waals surface area (Å²) in [6.07, 6.45) is 0. The number of hydrogen-bond acceptors (Lipinski definition) is 4. The minimum absolute atomic E-state index is 0.433. The number of anilines is 1.